The summed E-state index contributed by atoms with van der Waals surface area (Å²) in [5, 5.41) is 5.52. The van der Waals surface area contributed by atoms with E-state index >= 15 is 0 Å². The molecule has 26 heavy (non-hydrogen) atoms. The van der Waals surface area contributed by atoms with Crippen LogP contribution in [0.5, 0.6) is 0 Å². The summed E-state index contributed by atoms with van der Waals surface area (Å²) in [6.07, 6.45) is 3.30. The fraction of sp³-hybridized carbons (Fsp3) is 0.211. The van der Waals surface area contributed by atoms with Gasteiger partial charge in [0.2, 0.25) is 11.8 Å². The third kappa shape index (κ3) is 2.52. The number of imidazole rings is 1. The van der Waals surface area contributed by atoms with E-state index < -0.39 is 12.1 Å². The average Bonchev–Trinajstić information content (AvgIpc) is 3.04. The van der Waals surface area contributed by atoms with Gasteiger partial charge in [-0.3, -0.25) is 9.59 Å². The Morgan fingerprint density at radius 1 is 1.23 bits per heavy atom. The van der Waals surface area contributed by atoms with Crippen molar-refractivity contribution in [1.29, 1.82) is 0 Å². The predicted octanol–water partition coefficient (Wildman–Crippen LogP) is 2.79. The van der Waals surface area contributed by atoms with Gasteiger partial charge < -0.3 is 15.0 Å². The van der Waals surface area contributed by atoms with Crippen LogP contribution in [0.25, 0.3) is 16.8 Å². The van der Waals surface area contributed by atoms with E-state index in [1.807, 2.05) is 40.9 Å². The Morgan fingerprint density at radius 3 is 2.85 bits per heavy atom. The summed E-state index contributed by atoms with van der Waals surface area (Å²) in [6, 6.07) is 9.68. The summed E-state index contributed by atoms with van der Waals surface area (Å²) in [5.41, 5.74) is 4.47. The lowest BCUT2D eigenvalue weighted by Gasteiger charge is -2.05. The molecule has 0 bridgehead atoms. The Kier molecular flexibility index (Phi) is 3.12. The highest BCUT2D eigenvalue weighted by atomic mass is 19.1. The van der Waals surface area contributed by atoms with E-state index in [2.05, 4.69) is 15.6 Å². The lowest BCUT2D eigenvalue weighted by Crippen LogP contribution is -2.15. The topological polar surface area (TPSA) is 75.5 Å². The molecule has 3 heterocycles. The van der Waals surface area contributed by atoms with Gasteiger partial charge in [-0.25, -0.2) is 9.37 Å². The molecule has 1 aliphatic heterocycles. The minimum atomic E-state index is -1.03. The van der Waals surface area contributed by atoms with Crippen molar-refractivity contribution in [2.24, 2.45) is 5.92 Å². The van der Waals surface area contributed by atoms with Crippen LogP contribution >= 0.6 is 0 Å². The number of amides is 2. The Hall–Kier alpha value is -3.22. The van der Waals surface area contributed by atoms with Crippen molar-refractivity contribution in [3.63, 3.8) is 0 Å². The number of carbonyl (C=O) groups excluding carboxylic acids is 2. The Labute approximate surface area is 148 Å². The number of alkyl halides is 1. The van der Waals surface area contributed by atoms with Gasteiger partial charge in [-0.2, -0.15) is 0 Å². The molecular weight excluding hydrogens is 335 g/mol. The Balaban J connectivity index is 1.44. The zero-order chi connectivity index (χ0) is 17.8. The van der Waals surface area contributed by atoms with Gasteiger partial charge in [-0.15, -0.1) is 0 Å². The summed E-state index contributed by atoms with van der Waals surface area (Å²) >= 11 is 0. The zero-order valence-electron chi connectivity index (χ0n) is 13.7. The van der Waals surface area contributed by atoms with E-state index in [1.54, 1.807) is 6.20 Å². The number of hydrogen-bond acceptors (Lipinski definition) is 3. The first kappa shape index (κ1) is 15.1. The average molecular weight is 350 g/mol. The van der Waals surface area contributed by atoms with Gasteiger partial charge in [-0.05, 0) is 41.3 Å². The van der Waals surface area contributed by atoms with Gasteiger partial charge in [0.25, 0.3) is 0 Å². The molecule has 1 saturated carbocycles. The van der Waals surface area contributed by atoms with Gasteiger partial charge in [0.1, 0.15) is 11.8 Å². The molecule has 0 radical (unpaired) electrons. The Bertz CT molecular complexity index is 1070. The number of rotatable bonds is 3. The molecule has 1 aliphatic carbocycles. The van der Waals surface area contributed by atoms with E-state index in [-0.39, 0.29) is 18.2 Å². The molecule has 0 saturated heterocycles. The van der Waals surface area contributed by atoms with Gasteiger partial charge in [0, 0.05) is 11.9 Å². The van der Waals surface area contributed by atoms with Crippen molar-refractivity contribution in [3.05, 3.63) is 48.3 Å². The van der Waals surface area contributed by atoms with Crippen LogP contribution in [-0.4, -0.2) is 27.4 Å². The maximum Gasteiger partial charge on any atom is 0.231 e. The van der Waals surface area contributed by atoms with Gasteiger partial charge >= 0.3 is 0 Å². The second kappa shape index (κ2) is 5.39. The number of nitrogens with one attached hydrogen (secondary N) is 2. The third-order valence-electron chi connectivity index (χ3n) is 4.82. The van der Waals surface area contributed by atoms with Crippen LogP contribution in [0.15, 0.2) is 42.7 Å². The van der Waals surface area contributed by atoms with Crippen LogP contribution in [0.1, 0.15) is 12.0 Å². The fourth-order valence-electron chi connectivity index (χ4n) is 3.27. The monoisotopic (exact) mass is 350 g/mol. The molecular formula is C19H15FN4O2. The fourth-order valence-corrected chi connectivity index (χ4v) is 3.27. The van der Waals surface area contributed by atoms with Crippen molar-refractivity contribution < 1.29 is 14.0 Å². The van der Waals surface area contributed by atoms with E-state index in [1.165, 1.54) is 0 Å². The number of fused-ring (bicyclic) bond motifs is 2. The SMILES string of the molecule is O=C1Cc2ccc(-c3ccc4nc(NC(=O)[C@@H]5C[C@@H]5F)cn4c3)cc2N1. The van der Waals surface area contributed by atoms with Gasteiger partial charge in [0.05, 0.1) is 18.5 Å². The number of aromatic nitrogens is 2. The highest BCUT2D eigenvalue weighted by Gasteiger charge is 2.43. The summed E-state index contributed by atoms with van der Waals surface area (Å²) in [5.74, 6) is -0.450. The van der Waals surface area contributed by atoms with Crippen molar-refractivity contribution in [2.75, 3.05) is 10.6 Å². The van der Waals surface area contributed by atoms with Crippen LogP contribution in [0, 0.1) is 5.92 Å². The smallest absolute Gasteiger partial charge is 0.231 e. The number of carbonyl (C=O) groups is 2. The second-order valence-corrected chi connectivity index (χ2v) is 6.75. The summed E-state index contributed by atoms with van der Waals surface area (Å²) < 4.78 is 14.8. The number of benzene rings is 1. The number of hydrogen-bond donors (Lipinski definition) is 2. The van der Waals surface area contributed by atoms with Crippen LogP contribution in [0.2, 0.25) is 0 Å². The first-order valence-electron chi connectivity index (χ1n) is 8.44. The number of nitrogens with zero attached hydrogens (tertiary/aromatic N) is 2. The normalized spacial score (nSPS) is 20.7. The lowest BCUT2D eigenvalue weighted by atomic mass is 10.0. The molecule has 2 aromatic heterocycles. The van der Waals surface area contributed by atoms with E-state index in [4.69, 9.17) is 0 Å². The highest BCUT2D eigenvalue weighted by Crippen LogP contribution is 2.34. The number of anilines is 2. The largest absolute Gasteiger partial charge is 0.326 e. The van der Waals surface area contributed by atoms with Crippen LogP contribution < -0.4 is 10.6 Å². The predicted molar refractivity (Wildman–Crippen MR) is 94.6 cm³/mol. The molecule has 2 aliphatic rings. The van der Waals surface area contributed by atoms with Crippen molar-refractivity contribution in [1.82, 2.24) is 9.38 Å². The lowest BCUT2D eigenvalue weighted by molar-refractivity contribution is -0.117. The summed E-state index contributed by atoms with van der Waals surface area (Å²) in [6.45, 7) is 0. The third-order valence-corrected chi connectivity index (χ3v) is 4.82. The minimum Gasteiger partial charge on any atom is -0.326 e. The maximum atomic E-state index is 13.0. The summed E-state index contributed by atoms with van der Waals surface area (Å²) in [7, 11) is 0. The summed E-state index contributed by atoms with van der Waals surface area (Å²) in [4.78, 5) is 27.7. The van der Waals surface area contributed by atoms with E-state index in [9.17, 15) is 14.0 Å². The number of halogens is 1. The number of pyridine rings is 1. The molecule has 1 fully saturated rings. The maximum absolute atomic E-state index is 13.0. The Morgan fingerprint density at radius 2 is 2.04 bits per heavy atom. The van der Waals surface area contributed by atoms with Crippen LogP contribution in [0.3, 0.4) is 0 Å². The van der Waals surface area contributed by atoms with E-state index in [0.29, 0.717) is 17.9 Å². The van der Waals surface area contributed by atoms with Crippen molar-refractivity contribution in [3.8, 4) is 11.1 Å². The molecule has 2 amide bonds. The van der Waals surface area contributed by atoms with Crippen LogP contribution in [0.4, 0.5) is 15.9 Å². The van der Waals surface area contributed by atoms with Crippen LogP contribution in [-0.2, 0) is 16.0 Å². The molecule has 2 N–H and O–H groups in total. The molecule has 2 atom stereocenters. The molecule has 7 heteroatoms. The highest BCUT2D eigenvalue weighted by molar-refractivity contribution is 6.00. The standard InChI is InChI=1S/C19H15FN4O2/c20-14-7-13(14)19(26)23-16-9-24-8-12(3-4-17(24)22-16)10-1-2-11-6-18(25)21-15(11)5-10/h1-5,8-9,13-14H,6-7H2,(H,21,25)(H,23,26)/t13-,14+/m1/s1. The van der Waals surface area contributed by atoms with Crippen molar-refractivity contribution in [2.45, 2.75) is 19.0 Å². The molecule has 0 unspecified atom stereocenters. The van der Waals surface area contributed by atoms with Gasteiger partial charge in [-0.1, -0.05) is 12.1 Å². The second-order valence-electron chi connectivity index (χ2n) is 6.75. The minimum absolute atomic E-state index is 0.00813. The molecule has 1 aromatic carbocycles. The molecule has 0 spiro atoms. The molecule has 130 valence electrons. The first-order valence-corrected chi connectivity index (χ1v) is 8.44. The molecule has 5 rings (SSSR count). The first-order chi connectivity index (χ1) is 12.6. The quantitative estimate of drug-likeness (QED) is 0.763. The van der Waals surface area contributed by atoms with Crippen molar-refractivity contribution >= 4 is 29.0 Å². The van der Waals surface area contributed by atoms with Gasteiger partial charge in [0.15, 0.2) is 5.82 Å². The van der Waals surface area contributed by atoms with E-state index in [0.717, 1.165) is 22.4 Å². The zero-order valence-corrected chi connectivity index (χ0v) is 13.7. The molecule has 6 nitrogen and oxygen atoms in total. The molecule has 3 aromatic rings.